The summed E-state index contributed by atoms with van der Waals surface area (Å²) in [5.41, 5.74) is 1.00. The first kappa shape index (κ1) is 30.2. The van der Waals surface area contributed by atoms with Crippen molar-refractivity contribution in [3.05, 3.63) is 47.1 Å². The summed E-state index contributed by atoms with van der Waals surface area (Å²) in [4.78, 5) is 49.6. The van der Waals surface area contributed by atoms with Crippen molar-refractivity contribution in [1.29, 1.82) is 0 Å². The number of fused-ring (bicyclic) bond motifs is 1. The van der Waals surface area contributed by atoms with Crippen LogP contribution in [0.4, 0.5) is 18.3 Å². The Balaban J connectivity index is 1.30. The highest BCUT2D eigenvalue weighted by Crippen LogP contribution is 2.35. The number of aromatic nitrogens is 1. The molecule has 0 bridgehead atoms. The summed E-state index contributed by atoms with van der Waals surface area (Å²) in [7, 11) is 2.04. The Labute approximate surface area is 246 Å². The van der Waals surface area contributed by atoms with Gasteiger partial charge in [-0.25, -0.2) is 4.98 Å². The highest BCUT2D eigenvalue weighted by atomic mass is 32.1. The number of nitrogens with one attached hydrogen (secondary N) is 1. The molecule has 0 spiro atoms. The average Bonchev–Trinajstić information content (AvgIpc) is 3.66. The van der Waals surface area contributed by atoms with Gasteiger partial charge in [-0.2, -0.15) is 13.2 Å². The number of carbonyl (C=O) groups excluding carboxylic acids is 3. The van der Waals surface area contributed by atoms with E-state index >= 15 is 0 Å². The number of benzene rings is 1. The lowest BCUT2D eigenvalue weighted by Gasteiger charge is -2.31. The van der Waals surface area contributed by atoms with E-state index in [1.807, 2.05) is 14.0 Å². The second-order valence-corrected chi connectivity index (χ2v) is 12.0. The van der Waals surface area contributed by atoms with Crippen LogP contribution in [-0.4, -0.2) is 96.9 Å². The van der Waals surface area contributed by atoms with Crippen molar-refractivity contribution < 1.29 is 32.3 Å². The normalized spacial score (nSPS) is 24.0. The van der Waals surface area contributed by atoms with Crippen molar-refractivity contribution in [2.45, 2.75) is 38.5 Å². The molecule has 3 aliphatic rings. The molecule has 2 amide bonds. The van der Waals surface area contributed by atoms with Crippen molar-refractivity contribution >= 4 is 34.1 Å². The molecule has 3 aliphatic heterocycles. The molecule has 2 aromatic rings. The van der Waals surface area contributed by atoms with Gasteiger partial charge in [0.05, 0.1) is 6.10 Å². The van der Waals surface area contributed by atoms with Crippen LogP contribution in [0.3, 0.4) is 0 Å². The van der Waals surface area contributed by atoms with Crippen LogP contribution in [0, 0.1) is 17.0 Å². The number of likely N-dealkylation sites (N-methyl/N-ethyl adjacent to an activating group) is 1. The van der Waals surface area contributed by atoms with Gasteiger partial charge in [0, 0.05) is 49.8 Å². The van der Waals surface area contributed by atoms with Gasteiger partial charge in [0.1, 0.15) is 24.4 Å². The van der Waals surface area contributed by atoms with Gasteiger partial charge in [-0.3, -0.25) is 14.4 Å². The summed E-state index contributed by atoms with van der Waals surface area (Å²) in [6.45, 7) is 6.59. The lowest BCUT2D eigenvalue weighted by molar-refractivity contribution is -0.139. The van der Waals surface area contributed by atoms with E-state index in [-0.39, 0.29) is 36.1 Å². The Morgan fingerprint density at radius 1 is 1.19 bits per heavy atom. The van der Waals surface area contributed by atoms with E-state index in [2.05, 4.69) is 20.1 Å². The third-order valence-electron chi connectivity index (χ3n) is 8.38. The van der Waals surface area contributed by atoms with E-state index in [1.165, 1.54) is 4.90 Å². The first-order valence-electron chi connectivity index (χ1n) is 14.1. The monoisotopic (exact) mass is 605 g/mol. The molecule has 0 aliphatic carbocycles. The number of Topliss-reactive ketones (excluding diaryl/α,β-unsaturated/α-hetero) is 1. The van der Waals surface area contributed by atoms with E-state index in [1.54, 1.807) is 31.2 Å². The minimum atomic E-state index is -1.90. The van der Waals surface area contributed by atoms with Gasteiger partial charge in [-0.1, -0.05) is 43.7 Å². The molecule has 1 N–H and O–H groups in total. The lowest BCUT2D eigenvalue weighted by atomic mass is 9.96. The number of hydrogen-bond acceptors (Lipinski definition) is 8. The van der Waals surface area contributed by atoms with Crippen LogP contribution in [-0.2, 0) is 14.3 Å². The van der Waals surface area contributed by atoms with Crippen LogP contribution in [0.5, 0.6) is 0 Å². The van der Waals surface area contributed by atoms with Gasteiger partial charge in [-0.05, 0) is 31.2 Å². The molecular weight excluding hydrogens is 571 g/mol. The second-order valence-electron chi connectivity index (χ2n) is 11.1. The van der Waals surface area contributed by atoms with Gasteiger partial charge in [0.25, 0.3) is 12.0 Å². The molecule has 1 aromatic heterocycles. The highest BCUT2D eigenvalue weighted by molar-refractivity contribution is 7.14. The molecule has 13 heteroatoms. The average molecular weight is 606 g/mol. The molecule has 3 saturated heterocycles. The zero-order chi connectivity index (χ0) is 30.1. The minimum Gasteiger partial charge on any atom is -0.367 e. The highest BCUT2D eigenvalue weighted by Gasteiger charge is 2.53. The molecule has 42 heavy (non-hydrogen) atoms. The van der Waals surface area contributed by atoms with Gasteiger partial charge < -0.3 is 24.8 Å². The van der Waals surface area contributed by atoms with E-state index < -0.39 is 47.1 Å². The molecule has 5 atom stereocenters. The number of halogens is 3. The fraction of sp³-hybridized carbons (Fsp3) is 0.517. The van der Waals surface area contributed by atoms with Crippen molar-refractivity contribution in [2.24, 2.45) is 11.8 Å². The van der Waals surface area contributed by atoms with Crippen molar-refractivity contribution in [3.8, 4) is 11.3 Å². The Morgan fingerprint density at radius 3 is 2.52 bits per heavy atom. The summed E-state index contributed by atoms with van der Waals surface area (Å²) in [5.74, 6) is -2.51. The van der Waals surface area contributed by atoms with E-state index in [9.17, 15) is 27.6 Å². The number of nitrogens with zero attached hydrogens (tertiary/aromatic N) is 4. The van der Waals surface area contributed by atoms with Gasteiger partial charge in [0.15, 0.2) is 10.9 Å². The number of carbonyl (C=O) groups is 3. The number of hydrogen-bond donors (Lipinski definition) is 1. The lowest BCUT2D eigenvalue weighted by Crippen LogP contribution is -2.54. The molecule has 226 valence electrons. The quantitative estimate of drug-likeness (QED) is 0.493. The molecule has 9 nitrogen and oxygen atoms in total. The van der Waals surface area contributed by atoms with E-state index in [0.29, 0.717) is 17.1 Å². The molecule has 5 rings (SSSR count). The Bertz CT molecular complexity index is 1360. The maximum absolute atomic E-state index is 14.9. The van der Waals surface area contributed by atoms with Crippen molar-refractivity contribution in [1.82, 2.24) is 20.1 Å². The van der Waals surface area contributed by atoms with Crippen LogP contribution < -0.4 is 10.2 Å². The number of thiazole rings is 1. The first-order chi connectivity index (χ1) is 20.1. The summed E-state index contributed by atoms with van der Waals surface area (Å²) in [6.07, 6.45) is -1.48. The number of ketones is 1. The summed E-state index contributed by atoms with van der Waals surface area (Å²) < 4.78 is 46.4. The van der Waals surface area contributed by atoms with Crippen LogP contribution in [0.1, 0.15) is 30.6 Å². The van der Waals surface area contributed by atoms with Gasteiger partial charge >= 0.3 is 0 Å². The number of anilines is 1. The number of likely N-dealkylation sites (tertiary alicyclic amines) is 1. The maximum Gasteiger partial charge on any atom is 0.266 e. The van der Waals surface area contributed by atoms with Crippen LogP contribution in [0.2, 0.25) is 0 Å². The number of amides is 2. The maximum atomic E-state index is 14.9. The third-order valence-corrected chi connectivity index (χ3v) is 9.29. The van der Waals surface area contributed by atoms with Crippen molar-refractivity contribution in [2.75, 3.05) is 51.3 Å². The molecule has 0 radical (unpaired) electrons. The Morgan fingerprint density at radius 2 is 1.88 bits per heavy atom. The third kappa shape index (κ3) is 6.09. The zero-order valence-corrected chi connectivity index (χ0v) is 24.5. The van der Waals surface area contributed by atoms with Crippen LogP contribution in [0.25, 0.3) is 11.3 Å². The van der Waals surface area contributed by atoms with E-state index in [4.69, 9.17) is 4.74 Å². The fourth-order valence-electron chi connectivity index (χ4n) is 5.70. The summed E-state index contributed by atoms with van der Waals surface area (Å²) in [6, 6.07) is 4.36. The Kier molecular flexibility index (Phi) is 9.00. The molecule has 0 saturated carbocycles. The predicted molar refractivity (Wildman–Crippen MR) is 152 cm³/mol. The predicted octanol–water partition coefficient (Wildman–Crippen LogP) is 3.42. The molecular formula is C29H34F3N5O4S. The summed E-state index contributed by atoms with van der Waals surface area (Å²) >= 11 is 0.997. The van der Waals surface area contributed by atoms with E-state index in [0.717, 1.165) is 43.6 Å². The topological polar surface area (TPSA) is 95.1 Å². The fourth-order valence-corrected chi connectivity index (χ4v) is 6.56. The zero-order valence-electron chi connectivity index (χ0n) is 23.7. The van der Waals surface area contributed by atoms with Crippen molar-refractivity contribution in [3.63, 3.8) is 0 Å². The number of piperazine rings is 1. The smallest absolute Gasteiger partial charge is 0.266 e. The van der Waals surface area contributed by atoms with Crippen LogP contribution >= 0.6 is 11.3 Å². The molecule has 3 fully saturated rings. The molecule has 4 heterocycles. The standard InChI is InChI=1S/C29H34F3N5O4S/c1-4-16(2)22(28(40)37-14-19(13-21(30)31)25-24(37)20(38)15-41-25)33-27(39)18-7-5-17(6-8-18)23-26(32)42-29(34-23)36-11-9-35(3)10-12-36/h5-8,13,16,19,22,24-25H,4,9-12,14-15H2,1-3H3,(H,33,39). The van der Waals surface area contributed by atoms with Gasteiger partial charge in [0.2, 0.25) is 11.0 Å². The molecule has 1 aromatic carbocycles. The Hall–Kier alpha value is -3.29. The minimum absolute atomic E-state index is 0.107. The van der Waals surface area contributed by atoms with Crippen LogP contribution in [0.15, 0.2) is 36.4 Å². The number of ether oxygens (including phenoxy) is 1. The first-order valence-corrected chi connectivity index (χ1v) is 14.9. The largest absolute Gasteiger partial charge is 0.367 e. The molecule has 5 unspecified atom stereocenters. The SMILES string of the molecule is CCC(C)C(NC(=O)c1ccc(-c2nc(N3CCN(C)CC3)sc2F)cc1)C(=O)N1CC(C=C(F)F)C2OCC(=O)C21. The number of rotatable bonds is 8. The summed E-state index contributed by atoms with van der Waals surface area (Å²) in [5, 5.41) is 3.00. The second kappa shape index (κ2) is 12.5. The van der Waals surface area contributed by atoms with Gasteiger partial charge in [-0.15, -0.1) is 0 Å².